The molecule has 2 nitrogen and oxygen atoms in total. The van der Waals surface area contributed by atoms with E-state index in [0.717, 1.165) is 23.4 Å². The Morgan fingerprint density at radius 1 is 0.885 bits per heavy atom. The summed E-state index contributed by atoms with van der Waals surface area (Å²) in [7, 11) is 0. The second kappa shape index (κ2) is 7.40. The van der Waals surface area contributed by atoms with E-state index in [1.54, 1.807) is 0 Å². The van der Waals surface area contributed by atoms with E-state index >= 15 is 0 Å². The largest absolute Gasteiger partial charge is 0.278 e. The maximum atomic E-state index is 4.79. The fraction of sp³-hybridized carbons (Fsp3) is 0.125. The van der Waals surface area contributed by atoms with Crippen LogP contribution in [0.4, 0.5) is 5.69 Å². The normalized spacial score (nSPS) is 15.7. The Kier molecular flexibility index (Phi) is 4.65. The smallest absolute Gasteiger partial charge is 0.0688 e. The van der Waals surface area contributed by atoms with Gasteiger partial charge in [0.05, 0.1) is 11.4 Å². The van der Waals surface area contributed by atoms with Crippen molar-refractivity contribution in [3.05, 3.63) is 107 Å². The minimum absolute atomic E-state index is 0.365. The second-order valence-corrected chi connectivity index (χ2v) is 6.65. The number of hydrazone groups is 1. The van der Waals surface area contributed by atoms with Gasteiger partial charge in [-0.2, -0.15) is 5.10 Å². The Morgan fingerprint density at radius 2 is 1.62 bits per heavy atom. The molecule has 0 radical (unpaired) electrons. The number of rotatable bonds is 5. The third-order valence-electron chi connectivity index (χ3n) is 4.88. The van der Waals surface area contributed by atoms with E-state index in [4.69, 9.17) is 5.10 Å². The van der Waals surface area contributed by atoms with Crippen molar-refractivity contribution in [2.45, 2.75) is 19.3 Å². The number of nitrogens with zero attached hydrogens (tertiary/aromatic N) is 1. The van der Waals surface area contributed by atoms with Gasteiger partial charge in [-0.05, 0) is 35.2 Å². The summed E-state index contributed by atoms with van der Waals surface area (Å²) < 4.78 is 0. The van der Waals surface area contributed by atoms with E-state index in [9.17, 15) is 0 Å². The second-order valence-electron chi connectivity index (χ2n) is 6.65. The summed E-state index contributed by atoms with van der Waals surface area (Å²) in [5, 5.41) is 4.79. The van der Waals surface area contributed by atoms with Crippen molar-refractivity contribution in [1.29, 1.82) is 0 Å². The number of nitrogens with one attached hydrogen (secondary N) is 1. The molecule has 3 aromatic rings. The van der Waals surface area contributed by atoms with E-state index < -0.39 is 0 Å². The number of allylic oxidation sites excluding steroid dienone is 1. The van der Waals surface area contributed by atoms with E-state index in [2.05, 4.69) is 85.2 Å². The summed E-state index contributed by atoms with van der Waals surface area (Å²) in [6.45, 7) is 2.09. The fourth-order valence-electron chi connectivity index (χ4n) is 3.39. The zero-order valence-corrected chi connectivity index (χ0v) is 14.9. The summed E-state index contributed by atoms with van der Waals surface area (Å²) in [6, 6.07) is 27.3. The Hall–Kier alpha value is -3.13. The standard InChI is InChI=1S/C24H22N2/c1-18-9-5-8-14-23(18)25-26-24(20-11-3-2-4-12-20)17-21-16-15-19-10-6-7-13-22(19)21/h2-16,21,25H,17H2,1H3. The van der Waals surface area contributed by atoms with Gasteiger partial charge in [0, 0.05) is 12.3 Å². The number of benzene rings is 3. The lowest BCUT2D eigenvalue weighted by molar-refractivity contribution is 0.907. The van der Waals surface area contributed by atoms with Crippen molar-refractivity contribution in [3.63, 3.8) is 0 Å². The van der Waals surface area contributed by atoms with Gasteiger partial charge >= 0.3 is 0 Å². The zero-order valence-electron chi connectivity index (χ0n) is 14.9. The number of hydrogen-bond donors (Lipinski definition) is 1. The topological polar surface area (TPSA) is 24.4 Å². The van der Waals surface area contributed by atoms with Crippen LogP contribution >= 0.6 is 0 Å². The Balaban J connectivity index is 1.63. The molecule has 1 aliphatic carbocycles. The van der Waals surface area contributed by atoms with Crippen LogP contribution in [0.1, 0.15) is 34.6 Å². The molecule has 128 valence electrons. The van der Waals surface area contributed by atoms with Gasteiger partial charge in [0.15, 0.2) is 0 Å². The van der Waals surface area contributed by atoms with Crippen LogP contribution in [-0.4, -0.2) is 5.71 Å². The minimum Gasteiger partial charge on any atom is -0.278 e. The van der Waals surface area contributed by atoms with Crippen LogP contribution in [0.5, 0.6) is 0 Å². The van der Waals surface area contributed by atoms with Gasteiger partial charge in [-0.1, -0.05) is 84.9 Å². The molecular formula is C24H22N2. The van der Waals surface area contributed by atoms with Crippen molar-refractivity contribution >= 4 is 17.5 Å². The van der Waals surface area contributed by atoms with Crippen LogP contribution in [0.3, 0.4) is 0 Å². The van der Waals surface area contributed by atoms with Crippen LogP contribution in [0.2, 0.25) is 0 Å². The molecular weight excluding hydrogens is 316 g/mol. The van der Waals surface area contributed by atoms with Gasteiger partial charge in [-0.15, -0.1) is 0 Å². The SMILES string of the molecule is Cc1ccccc1NN=C(CC1C=Cc2ccccc21)c1ccccc1. The quantitative estimate of drug-likeness (QED) is 0.447. The molecule has 2 heteroatoms. The Bertz CT molecular complexity index is 955. The lowest BCUT2D eigenvalue weighted by Crippen LogP contribution is -2.09. The third kappa shape index (κ3) is 3.45. The van der Waals surface area contributed by atoms with Crippen molar-refractivity contribution in [1.82, 2.24) is 0 Å². The molecule has 1 N–H and O–H groups in total. The van der Waals surface area contributed by atoms with Crippen LogP contribution in [0.25, 0.3) is 6.08 Å². The first-order valence-corrected chi connectivity index (χ1v) is 9.02. The molecule has 0 fully saturated rings. The molecule has 0 spiro atoms. The van der Waals surface area contributed by atoms with E-state index in [0.29, 0.717) is 5.92 Å². The number of para-hydroxylation sites is 1. The molecule has 0 amide bonds. The van der Waals surface area contributed by atoms with Crippen LogP contribution in [0, 0.1) is 6.92 Å². The lowest BCUT2D eigenvalue weighted by Gasteiger charge is -2.14. The third-order valence-corrected chi connectivity index (χ3v) is 4.88. The average molecular weight is 338 g/mol. The van der Waals surface area contributed by atoms with Crippen molar-refractivity contribution in [2.24, 2.45) is 5.10 Å². The first-order valence-electron chi connectivity index (χ1n) is 9.02. The van der Waals surface area contributed by atoms with E-state index in [-0.39, 0.29) is 0 Å². The van der Waals surface area contributed by atoms with Crippen molar-refractivity contribution in [3.8, 4) is 0 Å². The highest BCUT2D eigenvalue weighted by Crippen LogP contribution is 2.33. The molecule has 3 aromatic carbocycles. The summed E-state index contributed by atoms with van der Waals surface area (Å²) in [6.07, 6.45) is 5.38. The zero-order chi connectivity index (χ0) is 17.8. The first-order chi connectivity index (χ1) is 12.8. The number of hydrogen-bond acceptors (Lipinski definition) is 2. The van der Waals surface area contributed by atoms with Gasteiger partial charge in [-0.3, -0.25) is 5.43 Å². The highest BCUT2D eigenvalue weighted by Gasteiger charge is 2.19. The molecule has 1 atom stereocenters. The van der Waals surface area contributed by atoms with Crippen molar-refractivity contribution < 1.29 is 0 Å². The van der Waals surface area contributed by atoms with Gasteiger partial charge in [-0.25, -0.2) is 0 Å². The monoisotopic (exact) mass is 338 g/mol. The highest BCUT2D eigenvalue weighted by molar-refractivity contribution is 6.01. The highest BCUT2D eigenvalue weighted by atomic mass is 15.3. The summed E-state index contributed by atoms with van der Waals surface area (Å²) >= 11 is 0. The number of fused-ring (bicyclic) bond motifs is 1. The Morgan fingerprint density at radius 3 is 2.46 bits per heavy atom. The molecule has 0 saturated carbocycles. The number of aryl methyl sites for hydroxylation is 1. The minimum atomic E-state index is 0.365. The molecule has 1 unspecified atom stereocenters. The lowest BCUT2D eigenvalue weighted by atomic mass is 9.93. The first kappa shape index (κ1) is 16.3. The molecule has 0 saturated heterocycles. The van der Waals surface area contributed by atoms with Crippen LogP contribution < -0.4 is 5.43 Å². The average Bonchev–Trinajstić information content (AvgIpc) is 3.10. The van der Waals surface area contributed by atoms with Crippen LogP contribution in [0.15, 0.2) is 90.0 Å². The summed E-state index contributed by atoms with van der Waals surface area (Å²) in [5.74, 6) is 0.365. The molecule has 0 aliphatic heterocycles. The summed E-state index contributed by atoms with van der Waals surface area (Å²) in [5.41, 5.74) is 10.4. The van der Waals surface area contributed by atoms with Gasteiger partial charge in [0.2, 0.25) is 0 Å². The van der Waals surface area contributed by atoms with Crippen molar-refractivity contribution in [2.75, 3.05) is 5.43 Å². The molecule has 4 rings (SSSR count). The molecule has 0 heterocycles. The molecule has 0 bridgehead atoms. The molecule has 26 heavy (non-hydrogen) atoms. The predicted molar refractivity (Wildman–Crippen MR) is 111 cm³/mol. The number of anilines is 1. The fourth-order valence-corrected chi connectivity index (χ4v) is 3.39. The van der Waals surface area contributed by atoms with Gasteiger partial charge in [0.25, 0.3) is 0 Å². The van der Waals surface area contributed by atoms with Gasteiger partial charge in [0.1, 0.15) is 0 Å². The Labute approximate surface area is 154 Å². The predicted octanol–water partition coefficient (Wildman–Crippen LogP) is 6.01. The molecule has 0 aromatic heterocycles. The maximum Gasteiger partial charge on any atom is 0.0688 e. The maximum absolute atomic E-state index is 4.79. The summed E-state index contributed by atoms with van der Waals surface area (Å²) in [4.78, 5) is 0. The van der Waals surface area contributed by atoms with E-state index in [1.165, 1.54) is 16.7 Å². The van der Waals surface area contributed by atoms with Crippen LogP contribution in [-0.2, 0) is 0 Å². The van der Waals surface area contributed by atoms with Gasteiger partial charge < -0.3 is 0 Å². The van der Waals surface area contributed by atoms with E-state index in [1.807, 2.05) is 18.2 Å². The molecule has 1 aliphatic rings.